The molecule has 0 spiro atoms. The van der Waals surface area contributed by atoms with Crippen LogP contribution in [0.15, 0.2) is 51.1 Å². The second kappa shape index (κ2) is 6.54. The third kappa shape index (κ3) is 2.43. The van der Waals surface area contributed by atoms with Crippen molar-refractivity contribution in [1.29, 1.82) is 0 Å². The second-order valence-electron chi connectivity index (χ2n) is 9.38. The van der Waals surface area contributed by atoms with Crippen LogP contribution >= 0.6 is 0 Å². The number of ketones is 2. The summed E-state index contributed by atoms with van der Waals surface area (Å²) in [6.07, 6.45) is 3.60. The lowest BCUT2D eigenvalue weighted by Crippen LogP contribution is -2.54. The Morgan fingerprint density at radius 2 is 1.81 bits per heavy atom. The average molecular weight is 435 g/mol. The number of carbonyl (C=O) groups excluding carboxylic acids is 2. The SMILES string of the molecule is CC1=CC(=O)C2CC3C(=CCn4c(=O)n(C)c(=O)n43)C(c3ccc(O)c(C)c3)C2(C)C1=O. The molecule has 166 valence electrons. The van der Waals surface area contributed by atoms with Crippen molar-refractivity contribution in [3.8, 4) is 5.75 Å². The van der Waals surface area contributed by atoms with Crippen molar-refractivity contribution >= 4 is 11.6 Å². The molecule has 2 aliphatic carbocycles. The number of hydrogen-bond acceptors (Lipinski definition) is 5. The van der Waals surface area contributed by atoms with E-state index in [0.29, 0.717) is 11.1 Å². The molecule has 1 N–H and O–H groups in total. The van der Waals surface area contributed by atoms with Gasteiger partial charge in [-0.05, 0) is 54.7 Å². The van der Waals surface area contributed by atoms with Crippen LogP contribution in [-0.2, 0) is 23.2 Å². The number of phenolic OH excluding ortho intramolecular Hbond substituents is 1. The van der Waals surface area contributed by atoms with E-state index in [2.05, 4.69) is 0 Å². The van der Waals surface area contributed by atoms with E-state index in [9.17, 15) is 24.3 Å². The maximum Gasteiger partial charge on any atom is 0.347 e. The third-order valence-electron chi connectivity index (χ3n) is 7.65. The molecule has 2 aromatic rings. The van der Waals surface area contributed by atoms with Crippen LogP contribution in [0.2, 0.25) is 0 Å². The highest BCUT2D eigenvalue weighted by Gasteiger charge is 2.59. The van der Waals surface area contributed by atoms with Gasteiger partial charge in [-0.25, -0.2) is 23.5 Å². The molecule has 32 heavy (non-hydrogen) atoms. The van der Waals surface area contributed by atoms with Crippen LogP contribution in [0, 0.1) is 18.3 Å². The van der Waals surface area contributed by atoms with Gasteiger partial charge in [-0.15, -0.1) is 0 Å². The van der Waals surface area contributed by atoms with Gasteiger partial charge in [0.1, 0.15) is 5.75 Å². The number of phenols is 1. The van der Waals surface area contributed by atoms with Gasteiger partial charge in [0.2, 0.25) is 0 Å². The van der Waals surface area contributed by atoms with Gasteiger partial charge in [-0.3, -0.25) is 9.59 Å². The Hall–Kier alpha value is -3.42. The van der Waals surface area contributed by atoms with Gasteiger partial charge in [0.15, 0.2) is 11.6 Å². The number of aryl methyl sites for hydroxylation is 1. The van der Waals surface area contributed by atoms with E-state index in [1.165, 1.54) is 22.5 Å². The summed E-state index contributed by atoms with van der Waals surface area (Å²) in [6.45, 7) is 5.51. The summed E-state index contributed by atoms with van der Waals surface area (Å²) in [6, 6.07) is 4.70. The zero-order valence-electron chi connectivity index (χ0n) is 18.5. The summed E-state index contributed by atoms with van der Waals surface area (Å²) in [7, 11) is 1.44. The molecule has 5 rings (SSSR count). The Labute approximate surface area is 184 Å². The van der Waals surface area contributed by atoms with Gasteiger partial charge in [0, 0.05) is 18.9 Å². The minimum absolute atomic E-state index is 0.0828. The number of aromatic hydroxyl groups is 1. The number of fused-ring (bicyclic) bond motifs is 4. The van der Waals surface area contributed by atoms with Crippen molar-refractivity contribution in [2.24, 2.45) is 18.4 Å². The fourth-order valence-corrected chi connectivity index (χ4v) is 6.00. The summed E-state index contributed by atoms with van der Waals surface area (Å²) in [5.74, 6) is -1.17. The van der Waals surface area contributed by atoms with Crippen molar-refractivity contribution in [3.05, 3.63) is 73.6 Å². The lowest BCUT2D eigenvalue weighted by atomic mass is 9.51. The predicted molar refractivity (Wildman–Crippen MR) is 117 cm³/mol. The highest BCUT2D eigenvalue weighted by molar-refractivity contribution is 6.13. The van der Waals surface area contributed by atoms with E-state index in [-0.39, 0.29) is 30.3 Å². The molecule has 1 aliphatic heterocycles. The normalized spacial score (nSPS) is 29.1. The fraction of sp³-hybridized carbons (Fsp3) is 0.417. The molecule has 0 bridgehead atoms. The van der Waals surface area contributed by atoms with Crippen molar-refractivity contribution in [2.45, 2.75) is 45.7 Å². The zero-order valence-corrected chi connectivity index (χ0v) is 18.5. The van der Waals surface area contributed by atoms with E-state index in [4.69, 9.17) is 0 Å². The number of aromatic nitrogens is 3. The van der Waals surface area contributed by atoms with Crippen molar-refractivity contribution in [3.63, 3.8) is 0 Å². The molecule has 1 aromatic heterocycles. The lowest BCUT2D eigenvalue weighted by Gasteiger charge is -2.52. The van der Waals surface area contributed by atoms with E-state index >= 15 is 0 Å². The topological polar surface area (TPSA) is 103 Å². The van der Waals surface area contributed by atoms with E-state index in [0.717, 1.165) is 15.7 Å². The Morgan fingerprint density at radius 1 is 1.09 bits per heavy atom. The van der Waals surface area contributed by atoms with Crippen LogP contribution in [0.5, 0.6) is 5.75 Å². The molecule has 1 fully saturated rings. The fourth-order valence-electron chi connectivity index (χ4n) is 6.00. The van der Waals surface area contributed by atoms with Crippen LogP contribution in [0.3, 0.4) is 0 Å². The Balaban J connectivity index is 1.80. The maximum absolute atomic E-state index is 13.6. The minimum atomic E-state index is -1.03. The number of Topliss-reactive ketones (excluding diaryl/α,β-unsaturated/α-hetero) is 1. The number of nitrogens with zero attached hydrogens (tertiary/aromatic N) is 3. The molecule has 0 radical (unpaired) electrons. The smallest absolute Gasteiger partial charge is 0.347 e. The average Bonchev–Trinajstić information content (AvgIpc) is 2.97. The van der Waals surface area contributed by atoms with Gasteiger partial charge in [-0.1, -0.05) is 25.1 Å². The molecule has 0 amide bonds. The highest BCUT2D eigenvalue weighted by atomic mass is 16.3. The van der Waals surface area contributed by atoms with Crippen molar-refractivity contribution < 1.29 is 14.7 Å². The minimum Gasteiger partial charge on any atom is -0.508 e. The Morgan fingerprint density at radius 3 is 2.50 bits per heavy atom. The predicted octanol–water partition coefficient (Wildman–Crippen LogP) is 1.75. The van der Waals surface area contributed by atoms with Gasteiger partial charge in [0.05, 0.1) is 18.0 Å². The first-order valence-corrected chi connectivity index (χ1v) is 10.7. The summed E-state index contributed by atoms with van der Waals surface area (Å²) >= 11 is 0. The summed E-state index contributed by atoms with van der Waals surface area (Å²) in [5.41, 5.74) is 0.891. The molecule has 1 aromatic carbocycles. The zero-order chi connectivity index (χ0) is 23.1. The standard InChI is InChI=1S/C24H25N3O5/c1-12-9-14(5-6-18(12)28)20-15-7-8-26-22(31)25(4)23(32)27(26)17(15)11-16-19(29)10-13(2)21(30)24(16,20)3/h5-7,9-10,16-17,20,28H,8,11H2,1-4H3. The number of allylic oxidation sites excluding steroid dienone is 4. The molecule has 3 aliphatic rings. The van der Waals surface area contributed by atoms with E-state index in [1.807, 2.05) is 19.1 Å². The molecule has 0 saturated heterocycles. The van der Waals surface area contributed by atoms with Crippen LogP contribution in [0.25, 0.3) is 0 Å². The van der Waals surface area contributed by atoms with Crippen LogP contribution in [0.4, 0.5) is 0 Å². The molecule has 4 atom stereocenters. The molecule has 8 heteroatoms. The number of hydrogen-bond donors (Lipinski definition) is 1. The van der Waals surface area contributed by atoms with E-state index in [1.54, 1.807) is 26.0 Å². The number of rotatable bonds is 1. The lowest BCUT2D eigenvalue weighted by molar-refractivity contribution is -0.139. The van der Waals surface area contributed by atoms with Crippen LogP contribution in [0.1, 0.15) is 43.4 Å². The Kier molecular flexibility index (Phi) is 4.19. The van der Waals surface area contributed by atoms with Crippen LogP contribution < -0.4 is 11.4 Å². The molecular weight excluding hydrogens is 410 g/mol. The second-order valence-corrected chi connectivity index (χ2v) is 9.38. The summed E-state index contributed by atoms with van der Waals surface area (Å²) < 4.78 is 3.91. The first-order valence-electron chi connectivity index (χ1n) is 10.7. The first-order chi connectivity index (χ1) is 15.1. The molecular formula is C24H25N3O5. The van der Waals surface area contributed by atoms with Crippen molar-refractivity contribution in [1.82, 2.24) is 13.9 Å². The Bertz CT molecular complexity index is 1390. The molecule has 8 nitrogen and oxygen atoms in total. The van der Waals surface area contributed by atoms with Gasteiger partial charge in [0.25, 0.3) is 0 Å². The quantitative estimate of drug-likeness (QED) is 0.688. The summed E-state index contributed by atoms with van der Waals surface area (Å²) in [5, 5.41) is 10.1. The van der Waals surface area contributed by atoms with E-state index < -0.39 is 34.7 Å². The molecule has 1 saturated carbocycles. The van der Waals surface area contributed by atoms with Gasteiger partial charge in [-0.2, -0.15) is 0 Å². The first kappa shape index (κ1) is 20.5. The molecule has 2 heterocycles. The maximum atomic E-state index is 13.6. The largest absolute Gasteiger partial charge is 0.508 e. The van der Waals surface area contributed by atoms with Gasteiger partial charge >= 0.3 is 11.4 Å². The summed E-state index contributed by atoms with van der Waals surface area (Å²) in [4.78, 5) is 52.3. The highest BCUT2D eigenvalue weighted by Crippen LogP contribution is 2.59. The monoisotopic (exact) mass is 435 g/mol. The number of benzene rings is 1. The van der Waals surface area contributed by atoms with Gasteiger partial charge < -0.3 is 5.11 Å². The third-order valence-corrected chi connectivity index (χ3v) is 7.65. The molecule has 4 unspecified atom stereocenters. The van der Waals surface area contributed by atoms with Crippen LogP contribution in [-0.4, -0.2) is 30.6 Å². The van der Waals surface area contributed by atoms with Crippen molar-refractivity contribution in [2.75, 3.05) is 0 Å². The number of carbonyl (C=O) groups is 2.